The molecule has 1 saturated carbocycles. The van der Waals surface area contributed by atoms with Gasteiger partial charge in [0.05, 0.1) is 12.7 Å². The smallest absolute Gasteiger partial charge is 0.156 e. The Morgan fingerprint density at radius 3 is 2.77 bits per heavy atom. The number of hydrogen-bond donors (Lipinski definition) is 0. The Hall–Kier alpha value is -0.590. The SMILES string of the molecule is N#CC1CN(C2CCCC2)CCO1. The van der Waals surface area contributed by atoms with Crippen molar-refractivity contribution in [1.82, 2.24) is 4.90 Å². The minimum atomic E-state index is -0.186. The van der Waals surface area contributed by atoms with Gasteiger partial charge in [0.15, 0.2) is 6.10 Å². The molecule has 2 aliphatic rings. The van der Waals surface area contributed by atoms with Gasteiger partial charge in [0, 0.05) is 19.1 Å². The van der Waals surface area contributed by atoms with Crippen LogP contribution in [-0.2, 0) is 4.74 Å². The van der Waals surface area contributed by atoms with Gasteiger partial charge in [-0.05, 0) is 12.8 Å². The molecule has 1 saturated heterocycles. The van der Waals surface area contributed by atoms with E-state index in [0.717, 1.165) is 25.7 Å². The fourth-order valence-corrected chi connectivity index (χ4v) is 2.35. The van der Waals surface area contributed by atoms with Crippen LogP contribution in [0.3, 0.4) is 0 Å². The lowest BCUT2D eigenvalue weighted by Crippen LogP contribution is -2.46. The minimum absolute atomic E-state index is 0.186. The Morgan fingerprint density at radius 1 is 1.31 bits per heavy atom. The molecule has 1 unspecified atom stereocenters. The van der Waals surface area contributed by atoms with Gasteiger partial charge in [0.25, 0.3) is 0 Å². The van der Waals surface area contributed by atoms with Crippen LogP contribution in [0.2, 0.25) is 0 Å². The summed E-state index contributed by atoms with van der Waals surface area (Å²) in [5, 5.41) is 8.75. The molecular weight excluding hydrogens is 164 g/mol. The Balaban J connectivity index is 1.88. The first kappa shape index (κ1) is 8.98. The second kappa shape index (κ2) is 4.08. The van der Waals surface area contributed by atoms with E-state index in [-0.39, 0.29) is 6.10 Å². The van der Waals surface area contributed by atoms with Gasteiger partial charge >= 0.3 is 0 Å². The third-order valence-corrected chi connectivity index (χ3v) is 3.08. The van der Waals surface area contributed by atoms with E-state index in [4.69, 9.17) is 10.00 Å². The lowest BCUT2D eigenvalue weighted by Gasteiger charge is -2.34. The van der Waals surface area contributed by atoms with Crippen molar-refractivity contribution in [3.05, 3.63) is 0 Å². The number of ether oxygens (including phenoxy) is 1. The molecule has 1 atom stereocenters. The fourth-order valence-electron chi connectivity index (χ4n) is 2.35. The van der Waals surface area contributed by atoms with E-state index < -0.39 is 0 Å². The van der Waals surface area contributed by atoms with Gasteiger partial charge in [-0.1, -0.05) is 12.8 Å². The molecule has 1 heterocycles. The Bertz CT molecular complexity index is 205. The van der Waals surface area contributed by atoms with E-state index in [1.165, 1.54) is 25.7 Å². The van der Waals surface area contributed by atoms with Crippen LogP contribution in [0.5, 0.6) is 0 Å². The van der Waals surface area contributed by atoms with Crippen molar-refractivity contribution in [2.45, 2.75) is 37.8 Å². The highest BCUT2D eigenvalue weighted by Gasteiger charge is 2.27. The molecule has 13 heavy (non-hydrogen) atoms. The summed E-state index contributed by atoms with van der Waals surface area (Å²) in [5.74, 6) is 0. The molecular formula is C10H16N2O. The molecule has 3 nitrogen and oxygen atoms in total. The van der Waals surface area contributed by atoms with Gasteiger partial charge in [-0.2, -0.15) is 5.26 Å². The molecule has 0 aromatic rings. The minimum Gasteiger partial charge on any atom is -0.361 e. The molecule has 0 bridgehead atoms. The Morgan fingerprint density at radius 2 is 2.08 bits per heavy atom. The lowest BCUT2D eigenvalue weighted by atomic mass is 10.2. The first-order chi connectivity index (χ1) is 6.40. The zero-order valence-electron chi connectivity index (χ0n) is 7.91. The fraction of sp³-hybridized carbons (Fsp3) is 0.900. The molecule has 0 aromatic heterocycles. The summed E-state index contributed by atoms with van der Waals surface area (Å²) in [7, 11) is 0. The van der Waals surface area contributed by atoms with Crippen LogP contribution in [0.25, 0.3) is 0 Å². The largest absolute Gasteiger partial charge is 0.361 e. The maximum Gasteiger partial charge on any atom is 0.156 e. The number of rotatable bonds is 1. The summed E-state index contributed by atoms with van der Waals surface area (Å²) in [6.45, 7) is 2.57. The average molecular weight is 180 g/mol. The normalized spacial score (nSPS) is 31.8. The second-order valence-electron chi connectivity index (χ2n) is 3.92. The second-order valence-corrected chi connectivity index (χ2v) is 3.92. The highest BCUT2D eigenvalue weighted by Crippen LogP contribution is 2.24. The zero-order chi connectivity index (χ0) is 9.10. The Kier molecular flexibility index (Phi) is 2.82. The average Bonchev–Trinajstić information content (AvgIpc) is 2.71. The summed E-state index contributed by atoms with van der Waals surface area (Å²) in [4.78, 5) is 2.43. The van der Waals surface area contributed by atoms with Gasteiger partial charge in [0.1, 0.15) is 0 Å². The molecule has 0 radical (unpaired) electrons. The first-order valence-electron chi connectivity index (χ1n) is 5.15. The van der Waals surface area contributed by atoms with Crippen LogP contribution in [0, 0.1) is 11.3 Å². The van der Waals surface area contributed by atoms with Gasteiger partial charge in [-0.25, -0.2) is 0 Å². The summed E-state index contributed by atoms with van der Waals surface area (Å²) in [6, 6.07) is 2.93. The maximum absolute atomic E-state index is 8.75. The zero-order valence-corrected chi connectivity index (χ0v) is 7.91. The third-order valence-electron chi connectivity index (χ3n) is 3.08. The van der Waals surface area contributed by atoms with Crippen molar-refractivity contribution >= 4 is 0 Å². The Labute approximate surface area is 79.3 Å². The maximum atomic E-state index is 8.75. The van der Waals surface area contributed by atoms with Crippen LogP contribution in [0.4, 0.5) is 0 Å². The molecule has 2 fully saturated rings. The predicted octanol–water partition coefficient (Wildman–Crippen LogP) is 1.15. The molecule has 2 rings (SSSR count). The van der Waals surface area contributed by atoms with Crippen molar-refractivity contribution in [3.8, 4) is 6.07 Å². The summed E-state index contributed by atoms with van der Waals surface area (Å²) >= 11 is 0. The number of hydrogen-bond acceptors (Lipinski definition) is 3. The number of morpholine rings is 1. The monoisotopic (exact) mass is 180 g/mol. The van der Waals surface area contributed by atoms with E-state index in [1.807, 2.05) is 0 Å². The molecule has 1 aliphatic carbocycles. The number of nitrogens with zero attached hydrogens (tertiary/aromatic N) is 2. The van der Waals surface area contributed by atoms with Gasteiger partial charge < -0.3 is 4.74 Å². The predicted molar refractivity (Wildman–Crippen MR) is 49.2 cm³/mol. The standard InChI is InChI=1S/C10H16N2O/c11-7-10-8-12(5-6-13-10)9-3-1-2-4-9/h9-10H,1-6,8H2. The van der Waals surface area contributed by atoms with Gasteiger partial charge in [-0.15, -0.1) is 0 Å². The van der Waals surface area contributed by atoms with Crippen molar-refractivity contribution in [3.63, 3.8) is 0 Å². The molecule has 72 valence electrons. The van der Waals surface area contributed by atoms with Crippen LogP contribution >= 0.6 is 0 Å². The van der Waals surface area contributed by atoms with E-state index in [2.05, 4.69) is 11.0 Å². The molecule has 0 spiro atoms. The van der Waals surface area contributed by atoms with Crippen molar-refractivity contribution in [2.24, 2.45) is 0 Å². The number of nitriles is 1. The van der Waals surface area contributed by atoms with E-state index in [1.54, 1.807) is 0 Å². The van der Waals surface area contributed by atoms with Crippen LogP contribution < -0.4 is 0 Å². The van der Waals surface area contributed by atoms with Crippen LogP contribution in [-0.4, -0.2) is 36.7 Å². The topological polar surface area (TPSA) is 36.3 Å². The first-order valence-corrected chi connectivity index (χ1v) is 5.15. The highest BCUT2D eigenvalue weighted by atomic mass is 16.5. The highest BCUT2D eigenvalue weighted by molar-refractivity contribution is 4.91. The third kappa shape index (κ3) is 2.01. The molecule has 0 amide bonds. The van der Waals surface area contributed by atoms with Gasteiger partial charge in [-0.3, -0.25) is 4.90 Å². The molecule has 3 heteroatoms. The molecule has 0 N–H and O–H groups in total. The van der Waals surface area contributed by atoms with Crippen molar-refractivity contribution in [2.75, 3.05) is 19.7 Å². The summed E-state index contributed by atoms with van der Waals surface area (Å²) < 4.78 is 5.31. The van der Waals surface area contributed by atoms with Crippen molar-refractivity contribution in [1.29, 1.82) is 5.26 Å². The quantitative estimate of drug-likeness (QED) is 0.607. The lowest BCUT2D eigenvalue weighted by molar-refractivity contribution is -0.0158. The summed E-state index contributed by atoms with van der Waals surface area (Å²) in [5.41, 5.74) is 0. The molecule has 1 aliphatic heterocycles. The summed E-state index contributed by atoms with van der Waals surface area (Å²) in [6.07, 6.45) is 5.17. The molecule has 0 aromatic carbocycles. The van der Waals surface area contributed by atoms with Gasteiger partial charge in [0.2, 0.25) is 0 Å². The van der Waals surface area contributed by atoms with E-state index >= 15 is 0 Å². The van der Waals surface area contributed by atoms with Crippen LogP contribution in [0.1, 0.15) is 25.7 Å². The van der Waals surface area contributed by atoms with Crippen LogP contribution in [0.15, 0.2) is 0 Å². The van der Waals surface area contributed by atoms with E-state index in [9.17, 15) is 0 Å². The van der Waals surface area contributed by atoms with E-state index in [0.29, 0.717) is 0 Å². The van der Waals surface area contributed by atoms with Crippen molar-refractivity contribution < 1.29 is 4.74 Å².